The van der Waals surface area contributed by atoms with Gasteiger partial charge in [0.25, 0.3) is 5.91 Å². The number of sulfonamides is 1. The third-order valence-corrected chi connectivity index (χ3v) is 8.61. The van der Waals surface area contributed by atoms with Crippen LogP contribution in [0.5, 0.6) is 0 Å². The Balaban J connectivity index is 1.26. The van der Waals surface area contributed by atoms with Crippen molar-refractivity contribution in [2.24, 2.45) is 0 Å². The molecule has 2 aromatic rings. The van der Waals surface area contributed by atoms with Gasteiger partial charge in [0.1, 0.15) is 0 Å². The lowest BCUT2D eigenvalue weighted by atomic mass is 10.1. The lowest BCUT2D eigenvalue weighted by Crippen LogP contribution is -2.50. The number of anilines is 1. The fourth-order valence-electron chi connectivity index (χ4n) is 4.90. The van der Waals surface area contributed by atoms with Crippen molar-refractivity contribution >= 4 is 27.5 Å². The smallest absolute Gasteiger partial charge is 0.254 e. The number of carbonyl (C=O) groups excluding carboxylic acids is 2. The van der Waals surface area contributed by atoms with E-state index in [4.69, 9.17) is 0 Å². The van der Waals surface area contributed by atoms with E-state index in [2.05, 4.69) is 0 Å². The van der Waals surface area contributed by atoms with Crippen molar-refractivity contribution in [3.8, 4) is 0 Å². The van der Waals surface area contributed by atoms with Crippen molar-refractivity contribution in [3.63, 3.8) is 0 Å². The highest BCUT2D eigenvalue weighted by Gasteiger charge is 2.31. The van der Waals surface area contributed by atoms with Crippen LogP contribution in [-0.2, 0) is 27.7 Å². The molecule has 2 heterocycles. The molecule has 0 aromatic heterocycles. The topological polar surface area (TPSA) is 78.0 Å². The molecule has 0 N–H and O–H groups in total. The van der Waals surface area contributed by atoms with Gasteiger partial charge in [-0.15, -0.1) is 0 Å². The third-order valence-electron chi connectivity index (χ3n) is 6.71. The number of aryl methyl sites for hydroxylation is 2. The highest BCUT2D eigenvalue weighted by Crippen LogP contribution is 2.27. The average Bonchev–Trinajstić information content (AvgIpc) is 3.47. The van der Waals surface area contributed by atoms with Crippen LogP contribution in [0.2, 0.25) is 0 Å². The second-order valence-corrected chi connectivity index (χ2v) is 10.6. The Morgan fingerprint density at radius 1 is 0.812 bits per heavy atom. The molecule has 0 bridgehead atoms. The van der Waals surface area contributed by atoms with Gasteiger partial charge in [0, 0.05) is 50.4 Å². The number of piperazine rings is 1. The van der Waals surface area contributed by atoms with Crippen LogP contribution in [0.3, 0.4) is 0 Å². The average molecular weight is 454 g/mol. The van der Waals surface area contributed by atoms with Gasteiger partial charge in [0.2, 0.25) is 15.9 Å². The van der Waals surface area contributed by atoms with Crippen LogP contribution in [0.4, 0.5) is 5.69 Å². The number of rotatable bonds is 4. The highest BCUT2D eigenvalue weighted by atomic mass is 32.2. The summed E-state index contributed by atoms with van der Waals surface area (Å²) in [5.74, 6) is -0.0481. The Morgan fingerprint density at radius 3 is 2.34 bits per heavy atom. The molecule has 2 aliphatic heterocycles. The predicted molar refractivity (Wildman–Crippen MR) is 121 cm³/mol. The minimum Gasteiger partial charge on any atom is -0.336 e. The Bertz CT molecular complexity index is 1170. The van der Waals surface area contributed by atoms with Crippen molar-refractivity contribution in [2.45, 2.75) is 37.0 Å². The molecule has 8 heteroatoms. The zero-order valence-electron chi connectivity index (χ0n) is 18.0. The van der Waals surface area contributed by atoms with E-state index in [0.717, 1.165) is 36.9 Å². The molecule has 2 aromatic carbocycles. The number of carbonyl (C=O) groups is 2. The lowest BCUT2D eigenvalue weighted by Gasteiger charge is -2.34. The van der Waals surface area contributed by atoms with Crippen LogP contribution in [0, 0.1) is 0 Å². The van der Waals surface area contributed by atoms with E-state index in [1.54, 1.807) is 34.1 Å². The minimum atomic E-state index is -3.57. The molecule has 3 aliphatic rings. The molecule has 168 valence electrons. The third kappa shape index (κ3) is 3.82. The van der Waals surface area contributed by atoms with E-state index >= 15 is 0 Å². The molecule has 5 rings (SSSR count). The van der Waals surface area contributed by atoms with E-state index < -0.39 is 10.0 Å². The Kier molecular flexibility index (Phi) is 5.51. The van der Waals surface area contributed by atoms with Crippen molar-refractivity contribution in [1.82, 2.24) is 9.21 Å². The zero-order valence-corrected chi connectivity index (χ0v) is 18.8. The van der Waals surface area contributed by atoms with Gasteiger partial charge in [-0.1, -0.05) is 12.1 Å². The number of amides is 2. The Morgan fingerprint density at radius 2 is 1.59 bits per heavy atom. The van der Waals surface area contributed by atoms with Gasteiger partial charge >= 0.3 is 0 Å². The van der Waals surface area contributed by atoms with Crippen LogP contribution in [0.25, 0.3) is 0 Å². The summed E-state index contributed by atoms with van der Waals surface area (Å²) in [6, 6.07) is 12.6. The molecule has 0 unspecified atom stereocenters. The zero-order chi connectivity index (χ0) is 22.3. The second kappa shape index (κ2) is 8.33. The highest BCUT2D eigenvalue weighted by molar-refractivity contribution is 7.89. The fraction of sp³-hybridized carbons (Fsp3) is 0.417. The standard InChI is InChI=1S/C24H27N3O4S/c28-23-8-3-11-27(23)21-7-2-6-20(16-21)24(29)25-12-14-26(15-13-25)32(30,31)22-10-9-18-4-1-5-19(18)17-22/h2,6-7,9-10,16-17H,1,3-5,8,11-15H2. The van der Waals surface area contributed by atoms with Gasteiger partial charge in [0.05, 0.1) is 4.90 Å². The first-order chi connectivity index (χ1) is 15.4. The molecule has 32 heavy (non-hydrogen) atoms. The lowest BCUT2D eigenvalue weighted by molar-refractivity contribution is -0.117. The summed E-state index contributed by atoms with van der Waals surface area (Å²) in [6.45, 7) is 1.91. The summed E-state index contributed by atoms with van der Waals surface area (Å²) in [4.78, 5) is 28.9. The molecular formula is C24H27N3O4S. The van der Waals surface area contributed by atoms with E-state index in [1.165, 1.54) is 9.87 Å². The maximum Gasteiger partial charge on any atom is 0.254 e. The van der Waals surface area contributed by atoms with Gasteiger partial charge in [-0.05, 0) is 67.1 Å². The van der Waals surface area contributed by atoms with Gasteiger partial charge in [-0.3, -0.25) is 9.59 Å². The molecule has 0 atom stereocenters. The molecular weight excluding hydrogens is 426 g/mol. The Labute approximate surface area is 188 Å². The van der Waals surface area contributed by atoms with Crippen molar-refractivity contribution in [2.75, 3.05) is 37.6 Å². The summed E-state index contributed by atoms with van der Waals surface area (Å²) < 4.78 is 27.8. The summed E-state index contributed by atoms with van der Waals surface area (Å²) in [6.07, 6.45) is 4.40. The first-order valence-corrected chi connectivity index (χ1v) is 12.7. The van der Waals surface area contributed by atoms with Crippen LogP contribution in [-0.4, -0.2) is 62.2 Å². The van der Waals surface area contributed by atoms with Crippen LogP contribution in [0.15, 0.2) is 47.4 Å². The molecule has 2 amide bonds. The Hall–Kier alpha value is -2.71. The van der Waals surface area contributed by atoms with Crippen molar-refractivity contribution in [1.29, 1.82) is 0 Å². The van der Waals surface area contributed by atoms with Crippen molar-refractivity contribution in [3.05, 3.63) is 59.2 Å². The van der Waals surface area contributed by atoms with E-state index in [-0.39, 0.29) is 24.9 Å². The summed E-state index contributed by atoms with van der Waals surface area (Å²) >= 11 is 0. The van der Waals surface area contributed by atoms with Gasteiger partial charge in [0.15, 0.2) is 0 Å². The van der Waals surface area contributed by atoms with Crippen molar-refractivity contribution < 1.29 is 18.0 Å². The molecule has 0 spiro atoms. The molecule has 1 aliphatic carbocycles. The quantitative estimate of drug-likeness (QED) is 0.713. The van der Waals surface area contributed by atoms with Crippen LogP contribution < -0.4 is 4.90 Å². The first-order valence-electron chi connectivity index (χ1n) is 11.3. The largest absolute Gasteiger partial charge is 0.336 e. The van der Waals surface area contributed by atoms with E-state index in [1.807, 2.05) is 18.2 Å². The van der Waals surface area contributed by atoms with Crippen LogP contribution in [0.1, 0.15) is 40.7 Å². The molecule has 7 nitrogen and oxygen atoms in total. The monoisotopic (exact) mass is 453 g/mol. The molecule has 0 radical (unpaired) electrons. The predicted octanol–water partition coefficient (Wildman–Crippen LogP) is 2.45. The number of hydrogen-bond donors (Lipinski definition) is 0. The summed E-state index contributed by atoms with van der Waals surface area (Å²) in [7, 11) is -3.57. The second-order valence-electron chi connectivity index (χ2n) is 8.68. The van der Waals surface area contributed by atoms with E-state index in [9.17, 15) is 18.0 Å². The van der Waals surface area contributed by atoms with E-state index in [0.29, 0.717) is 36.5 Å². The van der Waals surface area contributed by atoms with Gasteiger partial charge < -0.3 is 9.80 Å². The normalized spacial score (nSPS) is 19.4. The minimum absolute atomic E-state index is 0.0833. The number of hydrogen-bond acceptors (Lipinski definition) is 4. The molecule has 2 saturated heterocycles. The summed E-state index contributed by atoms with van der Waals surface area (Å²) in [5, 5.41) is 0. The molecule has 2 fully saturated rings. The fourth-order valence-corrected chi connectivity index (χ4v) is 6.37. The number of fused-ring (bicyclic) bond motifs is 1. The number of benzene rings is 2. The molecule has 0 saturated carbocycles. The summed E-state index contributed by atoms with van der Waals surface area (Å²) in [5.41, 5.74) is 3.65. The number of nitrogens with zero attached hydrogens (tertiary/aromatic N) is 3. The SMILES string of the molecule is O=C(c1cccc(N2CCCC2=O)c1)N1CCN(S(=O)(=O)c2ccc3c(c2)CCC3)CC1. The maximum absolute atomic E-state index is 13.1. The first kappa shape index (κ1) is 21.2. The van der Waals surface area contributed by atoms with Gasteiger partial charge in [-0.25, -0.2) is 8.42 Å². The van der Waals surface area contributed by atoms with Gasteiger partial charge in [-0.2, -0.15) is 4.31 Å². The maximum atomic E-state index is 13.1. The van der Waals surface area contributed by atoms with Crippen LogP contribution >= 0.6 is 0 Å².